The van der Waals surface area contributed by atoms with E-state index in [4.69, 9.17) is 23.7 Å². The highest BCUT2D eigenvalue weighted by Crippen LogP contribution is 2.37. The largest absolute Gasteiger partial charge is 0.493 e. The topological polar surface area (TPSA) is 68.2 Å². The summed E-state index contributed by atoms with van der Waals surface area (Å²) in [5.41, 5.74) is 4.21. The minimum absolute atomic E-state index is 0.0414. The molecular formula is C24H29NO6. The molecule has 166 valence electrons. The third kappa shape index (κ3) is 4.10. The van der Waals surface area contributed by atoms with Crippen molar-refractivity contribution in [3.05, 3.63) is 45.7 Å². The number of aryl methyl sites for hydroxylation is 1. The Morgan fingerprint density at radius 3 is 2.77 bits per heavy atom. The zero-order chi connectivity index (χ0) is 21.4. The summed E-state index contributed by atoms with van der Waals surface area (Å²) < 4.78 is 30.3. The normalized spacial score (nSPS) is 21.5. The van der Waals surface area contributed by atoms with E-state index in [1.54, 1.807) is 6.07 Å². The van der Waals surface area contributed by atoms with Gasteiger partial charge in [-0.1, -0.05) is 6.92 Å². The van der Waals surface area contributed by atoms with E-state index in [1.807, 2.05) is 17.6 Å². The molecular weight excluding hydrogens is 398 g/mol. The maximum atomic E-state index is 12.8. The van der Waals surface area contributed by atoms with E-state index < -0.39 is 0 Å². The molecule has 3 aliphatic rings. The van der Waals surface area contributed by atoms with Gasteiger partial charge < -0.3 is 28.3 Å². The number of aromatic nitrogens is 1. The number of ether oxygens (including phenoxy) is 5. The summed E-state index contributed by atoms with van der Waals surface area (Å²) in [7, 11) is 0. The van der Waals surface area contributed by atoms with Gasteiger partial charge in [-0.3, -0.25) is 4.79 Å². The number of nitrogens with zero attached hydrogens (tertiary/aromatic N) is 1. The van der Waals surface area contributed by atoms with Crippen LogP contribution in [0.2, 0.25) is 0 Å². The second-order valence-electron chi connectivity index (χ2n) is 9.01. The number of rotatable bonds is 6. The fraction of sp³-hybridized carbons (Fsp3) is 0.542. The minimum Gasteiger partial charge on any atom is -0.493 e. The van der Waals surface area contributed by atoms with Crippen LogP contribution in [0.4, 0.5) is 0 Å². The highest BCUT2D eigenvalue weighted by Gasteiger charge is 2.34. The van der Waals surface area contributed by atoms with Crippen LogP contribution in [-0.2, 0) is 27.2 Å². The zero-order valence-electron chi connectivity index (χ0n) is 18.1. The lowest BCUT2D eigenvalue weighted by Crippen LogP contribution is -2.44. The van der Waals surface area contributed by atoms with Crippen LogP contribution in [0.1, 0.15) is 18.1 Å². The van der Waals surface area contributed by atoms with Crippen molar-refractivity contribution in [3.8, 4) is 22.8 Å². The van der Waals surface area contributed by atoms with E-state index >= 15 is 0 Å². The monoisotopic (exact) mass is 427 g/mol. The van der Waals surface area contributed by atoms with Crippen molar-refractivity contribution in [2.24, 2.45) is 5.41 Å². The molecule has 1 atom stereocenters. The van der Waals surface area contributed by atoms with E-state index in [0.717, 1.165) is 42.2 Å². The molecule has 0 saturated carbocycles. The first kappa shape index (κ1) is 20.5. The first-order valence-corrected chi connectivity index (χ1v) is 10.9. The van der Waals surface area contributed by atoms with Crippen molar-refractivity contribution in [2.45, 2.75) is 32.9 Å². The predicted octanol–water partition coefficient (Wildman–Crippen LogP) is 2.59. The van der Waals surface area contributed by atoms with Crippen LogP contribution in [0.25, 0.3) is 11.3 Å². The summed E-state index contributed by atoms with van der Waals surface area (Å²) in [6.07, 6.45) is 0.689. The molecule has 5 rings (SSSR count). The number of benzene rings is 1. The summed E-state index contributed by atoms with van der Waals surface area (Å²) in [5, 5.41) is 0. The second kappa shape index (κ2) is 8.30. The molecule has 2 saturated heterocycles. The maximum absolute atomic E-state index is 12.8. The molecule has 2 aromatic rings. The predicted molar refractivity (Wildman–Crippen MR) is 115 cm³/mol. The highest BCUT2D eigenvalue weighted by atomic mass is 16.6. The van der Waals surface area contributed by atoms with Crippen LogP contribution >= 0.6 is 0 Å². The Kier molecular flexibility index (Phi) is 5.50. The SMILES string of the molecule is Cc1c(OCC2COCCO2)cc(=O)n2c1-c1ccc(OCC3(C)COC3)cc1CC2. The van der Waals surface area contributed by atoms with Gasteiger partial charge in [0.1, 0.15) is 24.2 Å². The third-order valence-corrected chi connectivity index (χ3v) is 6.25. The second-order valence-corrected chi connectivity index (χ2v) is 9.01. The van der Waals surface area contributed by atoms with E-state index in [1.165, 1.54) is 5.56 Å². The quantitative estimate of drug-likeness (QED) is 0.706. The molecule has 1 aromatic carbocycles. The molecule has 0 amide bonds. The van der Waals surface area contributed by atoms with Crippen molar-refractivity contribution in [1.29, 1.82) is 0 Å². The molecule has 31 heavy (non-hydrogen) atoms. The molecule has 2 fully saturated rings. The van der Waals surface area contributed by atoms with Crippen molar-refractivity contribution in [2.75, 3.05) is 46.2 Å². The van der Waals surface area contributed by atoms with Gasteiger partial charge in [-0.05, 0) is 37.1 Å². The van der Waals surface area contributed by atoms with E-state index in [0.29, 0.717) is 45.3 Å². The number of pyridine rings is 1. The van der Waals surface area contributed by atoms with E-state index in [2.05, 4.69) is 19.1 Å². The molecule has 1 aromatic heterocycles. The molecule has 0 aliphatic carbocycles. The van der Waals surface area contributed by atoms with Gasteiger partial charge in [-0.2, -0.15) is 0 Å². The van der Waals surface area contributed by atoms with Gasteiger partial charge in [0, 0.05) is 29.2 Å². The van der Waals surface area contributed by atoms with Crippen LogP contribution in [0, 0.1) is 12.3 Å². The maximum Gasteiger partial charge on any atom is 0.254 e. The molecule has 3 aliphatic heterocycles. The van der Waals surface area contributed by atoms with Gasteiger partial charge in [0.05, 0.1) is 45.3 Å². The lowest BCUT2D eigenvalue weighted by molar-refractivity contribution is -0.120. The van der Waals surface area contributed by atoms with Crippen molar-refractivity contribution in [3.63, 3.8) is 0 Å². The van der Waals surface area contributed by atoms with Crippen LogP contribution in [-0.4, -0.2) is 56.9 Å². The fourth-order valence-electron chi connectivity index (χ4n) is 4.38. The number of hydrogen-bond donors (Lipinski definition) is 0. The molecule has 7 nitrogen and oxygen atoms in total. The van der Waals surface area contributed by atoms with E-state index in [9.17, 15) is 4.79 Å². The summed E-state index contributed by atoms with van der Waals surface area (Å²) in [6.45, 7) is 9.04. The minimum atomic E-state index is -0.109. The Balaban J connectivity index is 1.39. The van der Waals surface area contributed by atoms with Gasteiger partial charge in [-0.25, -0.2) is 0 Å². The van der Waals surface area contributed by atoms with Gasteiger partial charge >= 0.3 is 0 Å². The number of hydrogen-bond acceptors (Lipinski definition) is 6. The van der Waals surface area contributed by atoms with Gasteiger partial charge in [0.2, 0.25) is 0 Å². The molecule has 7 heteroatoms. The van der Waals surface area contributed by atoms with Gasteiger partial charge in [-0.15, -0.1) is 0 Å². The Hall–Kier alpha value is -2.35. The molecule has 0 radical (unpaired) electrons. The van der Waals surface area contributed by atoms with Crippen LogP contribution in [0.15, 0.2) is 29.1 Å². The van der Waals surface area contributed by atoms with E-state index in [-0.39, 0.29) is 17.1 Å². The van der Waals surface area contributed by atoms with Gasteiger partial charge in [0.25, 0.3) is 5.56 Å². The standard InChI is InChI=1S/C24H29NO6/c1-16-21(30-12-19-11-27-7-8-29-19)10-22(26)25-6-5-17-9-18(3-4-20(17)23(16)25)31-15-24(2)13-28-14-24/h3-4,9-10,19H,5-8,11-15H2,1-2H3. The summed E-state index contributed by atoms with van der Waals surface area (Å²) in [6, 6.07) is 7.74. The summed E-state index contributed by atoms with van der Waals surface area (Å²) in [5.74, 6) is 1.47. The summed E-state index contributed by atoms with van der Waals surface area (Å²) >= 11 is 0. The first-order valence-electron chi connectivity index (χ1n) is 10.9. The zero-order valence-corrected chi connectivity index (χ0v) is 18.1. The lowest BCUT2D eigenvalue weighted by atomic mass is 9.90. The third-order valence-electron chi connectivity index (χ3n) is 6.25. The Morgan fingerprint density at radius 2 is 2.03 bits per heavy atom. The molecule has 0 N–H and O–H groups in total. The molecule has 0 bridgehead atoms. The Morgan fingerprint density at radius 1 is 1.16 bits per heavy atom. The average Bonchev–Trinajstić information content (AvgIpc) is 2.77. The van der Waals surface area contributed by atoms with Crippen LogP contribution in [0.5, 0.6) is 11.5 Å². The lowest BCUT2D eigenvalue weighted by Gasteiger charge is -2.37. The van der Waals surface area contributed by atoms with Crippen molar-refractivity contribution in [1.82, 2.24) is 4.57 Å². The van der Waals surface area contributed by atoms with Crippen molar-refractivity contribution < 1.29 is 23.7 Å². The molecule has 4 heterocycles. The number of fused-ring (bicyclic) bond motifs is 3. The van der Waals surface area contributed by atoms with Crippen molar-refractivity contribution >= 4 is 0 Å². The van der Waals surface area contributed by atoms with Crippen LogP contribution in [0.3, 0.4) is 0 Å². The smallest absolute Gasteiger partial charge is 0.254 e. The first-order chi connectivity index (χ1) is 15.0. The van der Waals surface area contributed by atoms with Gasteiger partial charge in [0.15, 0.2) is 0 Å². The molecule has 0 spiro atoms. The molecule has 1 unspecified atom stereocenters. The Labute approximate surface area is 181 Å². The highest BCUT2D eigenvalue weighted by molar-refractivity contribution is 5.71. The summed E-state index contributed by atoms with van der Waals surface area (Å²) in [4.78, 5) is 12.8. The fourth-order valence-corrected chi connectivity index (χ4v) is 4.38. The Bertz CT molecular complexity index is 1020. The van der Waals surface area contributed by atoms with Crippen LogP contribution < -0.4 is 15.0 Å². The average molecular weight is 427 g/mol.